The number of esters is 1. The van der Waals surface area contributed by atoms with Gasteiger partial charge in [-0.1, -0.05) is 0 Å². The number of aromatic nitrogens is 1. The van der Waals surface area contributed by atoms with Gasteiger partial charge in [0.05, 0.1) is 23.1 Å². The first-order valence-corrected chi connectivity index (χ1v) is 8.16. The molecule has 7 heteroatoms. The number of pyridine rings is 1. The van der Waals surface area contributed by atoms with Gasteiger partial charge in [-0.2, -0.15) is 0 Å². The van der Waals surface area contributed by atoms with Crippen molar-refractivity contribution in [3.63, 3.8) is 0 Å². The lowest BCUT2D eigenvalue weighted by Crippen LogP contribution is -2.04. The Labute approximate surface area is 142 Å². The Morgan fingerprint density at radius 1 is 1.38 bits per heavy atom. The van der Waals surface area contributed by atoms with Crippen molar-refractivity contribution in [2.75, 3.05) is 6.61 Å². The number of carbonyl (C=O) groups is 1. The average Bonchev–Trinajstić information content (AvgIpc) is 2.97. The molecule has 2 aromatic heterocycles. The van der Waals surface area contributed by atoms with E-state index in [0.717, 1.165) is 4.88 Å². The van der Waals surface area contributed by atoms with E-state index < -0.39 is 5.97 Å². The van der Waals surface area contributed by atoms with E-state index in [-0.39, 0.29) is 17.9 Å². The van der Waals surface area contributed by atoms with E-state index in [1.54, 1.807) is 31.5 Å². The molecular weight excluding hydrogens is 326 g/mol. The second kappa shape index (κ2) is 6.76. The number of aryl methyl sites for hydroxylation is 1. The van der Waals surface area contributed by atoms with Crippen LogP contribution in [0.1, 0.15) is 22.2 Å². The number of hydrogen-bond donors (Lipinski definition) is 1. The number of hydrogen-bond acceptors (Lipinski definition) is 7. The van der Waals surface area contributed by atoms with Gasteiger partial charge in [0.15, 0.2) is 0 Å². The number of phenols is 1. The van der Waals surface area contributed by atoms with Gasteiger partial charge in [-0.05, 0) is 38.1 Å². The highest BCUT2D eigenvalue weighted by Crippen LogP contribution is 2.42. The number of fused-ring (bicyclic) bond motifs is 1. The Bertz CT molecular complexity index is 920. The van der Waals surface area contributed by atoms with E-state index in [2.05, 4.69) is 15.2 Å². The minimum atomic E-state index is -0.541. The smallest absolute Gasteiger partial charge is 0.340 e. The van der Waals surface area contributed by atoms with Gasteiger partial charge < -0.3 is 9.84 Å². The number of benzene rings is 1. The SMILES string of the molecule is CCOC(=O)c1cc(O)c2cc(C)sc2c1N=Nc1cccnc1. The fraction of sp³-hybridized carbons (Fsp3) is 0.176. The molecule has 0 saturated carbocycles. The summed E-state index contributed by atoms with van der Waals surface area (Å²) in [6.07, 6.45) is 3.22. The van der Waals surface area contributed by atoms with Crippen LogP contribution in [0.2, 0.25) is 0 Å². The summed E-state index contributed by atoms with van der Waals surface area (Å²) in [6.45, 7) is 3.89. The molecule has 0 aliphatic rings. The summed E-state index contributed by atoms with van der Waals surface area (Å²) < 4.78 is 5.77. The topological polar surface area (TPSA) is 84.1 Å². The third-order valence-electron chi connectivity index (χ3n) is 3.29. The minimum absolute atomic E-state index is 0.0257. The van der Waals surface area contributed by atoms with Gasteiger partial charge in [0.1, 0.15) is 17.1 Å². The number of aromatic hydroxyl groups is 1. The third kappa shape index (κ3) is 3.11. The summed E-state index contributed by atoms with van der Waals surface area (Å²) in [5, 5.41) is 19.2. The van der Waals surface area contributed by atoms with Gasteiger partial charge in [0.2, 0.25) is 0 Å². The van der Waals surface area contributed by atoms with Crippen LogP contribution in [0.15, 0.2) is 46.9 Å². The number of azo groups is 1. The van der Waals surface area contributed by atoms with E-state index in [4.69, 9.17) is 4.74 Å². The molecule has 24 heavy (non-hydrogen) atoms. The molecule has 3 aromatic rings. The molecule has 0 radical (unpaired) electrons. The van der Waals surface area contributed by atoms with Crippen LogP contribution >= 0.6 is 11.3 Å². The molecule has 0 amide bonds. The van der Waals surface area contributed by atoms with Crippen molar-refractivity contribution in [1.82, 2.24) is 4.98 Å². The Morgan fingerprint density at radius 2 is 2.21 bits per heavy atom. The van der Waals surface area contributed by atoms with Gasteiger partial charge in [-0.3, -0.25) is 4.98 Å². The molecule has 0 saturated heterocycles. The average molecular weight is 341 g/mol. The fourth-order valence-corrected chi connectivity index (χ4v) is 3.29. The molecule has 6 nitrogen and oxygen atoms in total. The molecular formula is C17H15N3O3S. The van der Waals surface area contributed by atoms with Crippen molar-refractivity contribution in [1.29, 1.82) is 0 Å². The lowest BCUT2D eigenvalue weighted by Gasteiger charge is -2.07. The van der Waals surface area contributed by atoms with Gasteiger partial charge in [0, 0.05) is 16.5 Å². The van der Waals surface area contributed by atoms with Crippen LogP contribution < -0.4 is 0 Å². The van der Waals surface area contributed by atoms with Gasteiger partial charge in [-0.25, -0.2) is 4.79 Å². The van der Waals surface area contributed by atoms with Crippen molar-refractivity contribution in [2.24, 2.45) is 10.2 Å². The summed E-state index contributed by atoms with van der Waals surface area (Å²) >= 11 is 1.44. The zero-order valence-corrected chi connectivity index (χ0v) is 14.0. The third-order valence-corrected chi connectivity index (χ3v) is 4.35. The molecule has 0 spiro atoms. The van der Waals surface area contributed by atoms with Gasteiger partial charge >= 0.3 is 5.97 Å². The Kier molecular flexibility index (Phi) is 4.52. The van der Waals surface area contributed by atoms with Crippen LogP contribution in [0, 0.1) is 6.92 Å². The number of carbonyl (C=O) groups excluding carboxylic acids is 1. The predicted molar refractivity (Wildman–Crippen MR) is 92.6 cm³/mol. The van der Waals surface area contributed by atoms with Crippen molar-refractivity contribution in [3.05, 3.63) is 47.1 Å². The molecule has 0 aliphatic carbocycles. The fourth-order valence-electron chi connectivity index (χ4n) is 2.27. The van der Waals surface area contributed by atoms with Gasteiger partial charge in [0.25, 0.3) is 0 Å². The normalized spacial score (nSPS) is 11.2. The highest BCUT2D eigenvalue weighted by Gasteiger charge is 2.20. The lowest BCUT2D eigenvalue weighted by atomic mass is 10.1. The Morgan fingerprint density at radius 3 is 2.92 bits per heavy atom. The van der Waals surface area contributed by atoms with Crippen LogP contribution in [0.3, 0.4) is 0 Å². The van der Waals surface area contributed by atoms with Gasteiger partial charge in [-0.15, -0.1) is 21.6 Å². The summed E-state index contributed by atoms with van der Waals surface area (Å²) in [4.78, 5) is 17.2. The van der Waals surface area contributed by atoms with E-state index in [9.17, 15) is 9.90 Å². The Balaban J connectivity index is 2.18. The van der Waals surface area contributed by atoms with Crippen LogP contribution in [0.4, 0.5) is 11.4 Å². The van der Waals surface area contributed by atoms with Crippen molar-refractivity contribution in [3.8, 4) is 5.75 Å². The molecule has 0 unspecified atom stereocenters. The summed E-state index contributed by atoms with van der Waals surface area (Å²) in [7, 11) is 0. The van der Waals surface area contributed by atoms with E-state index in [0.29, 0.717) is 21.5 Å². The summed E-state index contributed by atoms with van der Waals surface area (Å²) in [6, 6.07) is 6.75. The first-order chi connectivity index (χ1) is 11.6. The monoisotopic (exact) mass is 341 g/mol. The number of nitrogens with zero attached hydrogens (tertiary/aromatic N) is 3. The van der Waals surface area contributed by atoms with E-state index in [1.165, 1.54) is 17.4 Å². The largest absolute Gasteiger partial charge is 0.507 e. The van der Waals surface area contributed by atoms with Crippen LogP contribution in [-0.4, -0.2) is 22.7 Å². The maximum atomic E-state index is 12.2. The van der Waals surface area contributed by atoms with E-state index in [1.807, 2.05) is 13.0 Å². The molecule has 122 valence electrons. The van der Waals surface area contributed by atoms with Crippen molar-refractivity contribution < 1.29 is 14.6 Å². The molecule has 3 rings (SSSR count). The number of rotatable bonds is 4. The highest BCUT2D eigenvalue weighted by atomic mass is 32.1. The van der Waals surface area contributed by atoms with Crippen molar-refractivity contribution >= 4 is 38.8 Å². The molecule has 0 fully saturated rings. The standard InChI is InChI=1S/C17H15N3O3S/c1-3-23-17(22)13-8-14(21)12-7-10(2)24-16(12)15(13)20-19-11-5-4-6-18-9-11/h4-9,21H,3H2,1-2H3. The molecule has 1 N–H and O–H groups in total. The summed E-state index contributed by atoms with van der Waals surface area (Å²) in [5.74, 6) is -0.515. The van der Waals surface area contributed by atoms with E-state index >= 15 is 0 Å². The number of ether oxygens (including phenoxy) is 1. The van der Waals surface area contributed by atoms with Crippen LogP contribution in [0.25, 0.3) is 10.1 Å². The zero-order valence-electron chi connectivity index (χ0n) is 13.2. The zero-order chi connectivity index (χ0) is 17.1. The molecule has 0 atom stereocenters. The minimum Gasteiger partial charge on any atom is -0.507 e. The van der Waals surface area contributed by atoms with Crippen molar-refractivity contribution in [2.45, 2.75) is 13.8 Å². The first-order valence-electron chi connectivity index (χ1n) is 7.35. The molecule has 0 aliphatic heterocycles. The first kappa shape index (κ1) is 16.1. The Hall–Kier alpha value is -2.80. The predicted octanol–water partition coefficient (Wildman–Crippen LogP) is 4.90. The summed E-state index contributed by atoms with van der Waals surface area (Å²) in [5.41, 5.74) is 1.15. The van der Waals surface area contributed by atoms with Crippen LogP contribution in [-0.2, 0) is 4.74 Å². The number of thiophene rings is 1. The van der Waals surface area contributed by atoms with Crippen LogP contribution in [0.5, 0.6) is 5.75 Å². The molecule has 0 bridgehead atoms. The molecule has 2 heterocycles. The maximum absolute atomic E-state index is 12.2. The highest BCUT2D eigenvalue weighted by molar-refractivity contribution is 7.19. The molecule has 1 aromatic carbocycles. The quantitative estimate of drug-likeness (QED) is 0.540. The lowest BCUT2D eigenvalue weighted by molar-refractivity contribution is 0.0527. The second-order valence-electron chi connectivity index (χ2n) is 5.02. The second-order valence-corrected chi connectivity index (χ2v) is 6.28. The maximum Gasteiger partial charge on any atom is 0.340 e. The number of phenolic OH excluding ortho intramolecular Hbond substituents is 1.